The molecule has 0 amide bonds. The smallest absolute Gasteiger partial charge is 0.174 e. The van der Waals surface area contributed by atoms with Crippen LogP contribution in [0.15, 0.2) is 48.5 Å². The van der Waals surface area contributed by atoms with E-state index in [2.05, 4.69) is 46.0 Å². The van der Waals surface area contributed by atoms with Crippen LogP contribution in [0.5, 0.6) is 5.75 Å². The lowest BCUT2D eigenvalue weighted by Gasteiger charge is -2.44. The molecule has 0 saturated carbocycles. The first kappa shape index (κ1) is 29.1. The number of halogens is 3. The lowest BCUT2D eigenvalue weighted by molar-refractivity contribution is 0.161. The summed E-state index contributed by atoms with van der Waals surface area (Å²) in [5.41, 5.74) is 3.14. The van der Waals surface area contributed by atoms with Crippen LogP contribution in [0.4, 0.5) is 14.5 Å². The molecule has 3 atom stereocenters. The molecule has 0 aliphatic carbocycles. The van der Waals surface area contributed by atoms with Crippen molar-refractivity contribution in [2.75, 3.05) is 13.7 Å². The third-order valence-corrected chi connectivity index (χ3v) is 8.72. The molecule has 0 fully saturated rings. The van der Waals surface area contributed by atoms with Crippen LogP contribution in [0.1, 0.15) is 88.4 Å². The molecule has 0 saturated heterocycles. The van der Waals surface area contributed by atoms with Crippen molar-refractivity contribution in [2.45, 2.75) is 77.8 Å². The fourth-order valence-electron chi connectivity index (χ4n) is 6.74. The maximum Gasteiger partial charge on any atom is 0.174 e. The van der Waals surface area contributed by atoms with Crippen molar-refractivity contribution in [3.05, 3.63) is 81.9 Å². The zero-order chi connectivity index (χ0) is 28.3. The van der Waals surface area contributed by atoms with E-state index in [0.29, 0.717) is 17.5 Å². The minimum atomic E-state index is -0.680. The van der Waals surface area contributed by atoms with Gasteiger partial charge in [0.05, 0.1) is 36.4 Å². The van der Waals surface area contributed by atoms with Crippen molar-refractivity contribution in [3.8, 4) is 22.9 Å². The molecular formula is C33H38ClF2N2O+. The number of fused-ring (bicyclic) bond motifs is 1. The van der Waals surface area contributed by atoms with Gasteiger partial charge in [-0.25, -0.2) is 8.78 Å². The minimum Gasteiger partial charge on any atom is -0.491 e. The zero-order valence-corrected chi connectivity index (χ0v) is 24.3. The monoisotopic (exact) mass is 551 g/mol. The summed E-state index contributed by atoms with van der Waals surface area (Å²) in [6.07, 6.45) is 4.63. The third kappa shape index (κ3) is 4.94. The van der Waals surface area contributed by atoms with Crippen LogP contribution >= 0.6 is 11.6 Å². The van der Waals surface area contributed by atoms with Crippen molar-refractivity contribution >= 4 is 17.3 Å². The summed E-state index contributed by atoms with van der Waals surface area (Å²) < 4.78 is 38.2. The van der Waals surface area contributed by atoms with E-state index in [0.717, 1.165) is 42.5 Å². The van der Waals surface area contributed by atoms with E-state index in [9.17, 15) is 5.26 Å². The van der Waals surface area contributed by atoms with Crippen LogP contribution in [0.25, 0.3) is 11.1 Å². The standard InChI is InChI=1S/C33H38ClF2N2O/c1-6-12-24(13-7-2)38(5)26-19-25(35)31(34)30(28(26)21(4)33(38)22-14-10-9-11-15-22)29-23(20-37)16-17-27(32(29)36)39-18-8-3/h9-11,14-17,19,21,24,33H,6-8,12-13,18H2,1-5H3/q+1/t21-,33?,38?/m0/s1. The number of benzene rings is 3. The van der Waals surface area contributed by atoms with Crippen molar-refractivity contribution in [2.24, 2.45) is 0 Å². The van der Waals surface area contributed by atoms with Gasteiger partial charge in [-0.3, -0.25) is 4.48 Å². The number of likely N-dealkylation sites (N-methyl/N-ethyl adjacent to an activating group) is 1. The second-order valence-corrected chi connectivity index (χ2v) is 11.1. The molecule has 39 heavy (non-hydrogen) atoms. The summed E-state index contributed by atoms with van der Waals surface area (Å²) in [4.78, 5) is 0. The molecule has 1 aliphatic rings. The molecular weight excluding hydrogens is 514 g/mol. The first-order valence-electron chi connectivity index (χ1n) is 14.0. The van der Waals surface area contributed by atoms with Gasteiger partial charge < -0.3 is 4.74 Å². The van der Waals surface area contributed by atoms with Gasteiger partial charge in [0.2, 0.25) is 0 Å². The fourth-order valence-corrected chi connectivity index (χ4v) is 6.99. The second-order valence-electron chi connectivity index (χ2n) is 10.8. The van der Waals surface area contributed by atoms with E-state index in [4.69, 9.17) is 16.3 Å². The Bertz CT molecular complexity index is 1360. The van der Waals surface area contributed by atoms with Crippen molar-refractivity contribution < 1.29 is 13.5 Å². The molecule has 0 aromatic heterocycles. The maximum atomic E-state index is 16.2. The van der Waals surface area contributed by atoms with Crippen LogP contribution in [0.2, 0.25) is 5.02 Å². The molecule has 2 unspecified atom stereocenters. The summed E-state index contributed by atoms with van der Waals surface area (Å²) in [6.45, 7) is 8.74. The Labute approximate surface area is 236 Å². The number of nitriles is 1. The quantitative estimate of drug-likeness (QED) is 0.235. The van der Waals surface area contributed by atoms with Gasteiger partial charge in [0.15, 0.2) is 11.6 Å². The van der Waals surface area contributed by atoms with Crippen LogP contribution in [0.3, 0.4) is 0 Å². The topological polar surface area (TPSA) is 33.0 Å². The number of hydrogen-bond donors (Lipinski definition) is 0. The Balaban J connectivity index is 2.10. The molecule has 0 bridgehead atoms. The molecule has 0 radical (unpaired) electrons. The van der Waals surface area contributed by atoms with E-state index in [1.807, 2.05) is 25.1 Å². The minimum absolute atomic E-state index is 0.0153. The van der Waals surface area contributed by atoms with Crippen molar-refractivity contribution in [3.63, 3.8) is 0 Å². The lowest BCUT2D eigenvalue weighted by Crippen LogP contribution is -2.54. The summed E-state index contributed by atoms with van der Waals surface area (Å²) in [5, 5.41) is 9.85. The number of quaternary nitrogens is 1. The van der Waals surface area contributed by atoms with Gasteiger partial charge in [-0.1, -0.05) is 82.5 Å². The summed E-state index contributed by atoms with van der Waals surface area (Å²) in [5.74, 6) is -1.37. The molecule has 3 nitrogen and oxygen atoms in total. The summed E-state index contributed by atoms with van der Waals surface area (Å²) in [6, 6.07) is 17.2. The maximum absolute atomic E-state index is 16.2. The predicted molar refractivity (Wildman–Crippen MR) is 156 cm³/mol. The van der Waals surface area contributed by atoms with Crippen LogP contribution in [-0.2, 0) is 0 Å². The highest BCUT2D eigenvalue weighted by atomic mass is 35.5. The molecule has 3 aromatic rings. The van der Waals surface area contributed by atoms with Gasteiger partial charge in [0, 0.05) is 34.2 Å². The average Bonchev–Trinajstić information content (AvgIpc) is 3.15. The number of ether oxygens (including phenoxy) is 1. The SMILES string of the molecule is CCCOc1ccc(C#N)c(-c2c(Cl)c(F)cc3c2[C@H](C)C(c2ccccc2)[N+]3(C)C(CCC)CCC)c1F. The number of rotatable bonds is 10. The van der Waals surface area contributed by atoms with Gasteiger partial charge in [-0.15, -0.1) is 0 Å². The molecule has 4 rings (SSSR count). The van der Waals surface area contributed by atoms with Crippen molar-refractivity contribution in [1.82, 2.24) is 4.48 Å². The largest absolute Gasteiger partial charge is 0.491 e. The number of nitrogens with zero attached hydrogens (tertiary/aromatic N) is 2. The fraction of sp³-hybridized carbons (Fsp3) is 0.424. The highest BCUT2D eigenvalue weighted by Crippen LogP contribution is 2.60. The van der Waals surface area contributed by atoms with E-state index in [1.54, 1.807) is 6.07 Å². The zero-order valence-electron chi connectivity index (χ0n) is 23.5. The molecule has 0 N–H and O–H groups in total. The van der Waals surface area contributed by atoms with Crippen molar-refractivity contribution in [1.29, 1.82) is 5.26 Å². The van der Waals surface area contributed by atoms with E-state index in [1.165, 1.54) is 12.1 Å². The highest BCUT2D eigenvalue weighted by Gasteiger charge is 2.54. The average molecular weight is 552 g/mol. The summed E-state index contributed by atoms with van der Waals surface area (Å²) >= 11 is 6.72. The van der Waals surface area contributed by atoms with Crippen LogP contribution in [0, 0.1) is 23.0 Å². The van der Waals surface area contributed by atoms with Gasteiger partial charge in [-0.05, 0) is 31.4 Å². The predicted octanol–water partition coefficient (Wildman–Crippen LogP) is 9.71. The Morgan fingerprint density at radius 1 is 1.00 bits per heavy atom. The molecule has 1 heterocycles. The first-order valence-corrected chi connectivity index (χ1v) is 14.4. The molecule has 206 valence electrons. The molecule has 0 spiro atoms. The van der Waals surface area contributed by atoms with Gasteiger partial charge >= 0.3 is 0 Å². The Morgan fingerprint density at radius 2 is 1.67 bits per heavy atom. The Morgan fingerprint density at radius 3 is 2.26 bits per heavy atom. The van der Waals surface area contributed by atoms with E-state index >= 15 is 8.78 Å². The van der Waals surface area contributed by atoms with E-state index < -0.39 is 11.6 Å². The summed E-state index contributed by atoms with van der Waals surface area (Å²) in [7, 11) is 2.19. The first-order chi connectivity index (χ1) is 18.8. The number of hydrogen-bond acceptors (Lipinski definition) is 2. The molecule has 6 heteroatoms. The Kier molecular flexibility index (Phi) is 8.99. The lowest BCUT2D eigenvalue weighted by atomic mass is 9.85. The van der Waals surface area contributed by atoms with Gasteiger partial charge in [0.1, 0.15) is 17.5 Å². The highest BCUT2D eigenvalue weighted by molar-refractivity contribution is 6.34. The molecule has 1 aliphatic heterocycles. The van der Waals surface area contributed by atoms with Crippen LogP contribution in [-0.4, -0.2) is 19.7 Å². The normalized spacial score (nSPS) is 20.2. The van der Waals surface area contributed by atoms with Gasteiger partial charge in [-0.2, -0.15) is 5.26 Å². The Hall–Kier alpha value is -2.94. The molecule has 3 aromatic carbocycles. The second kappa shape index (κ2) is 12.1. The van der Waals surface area contributed by atoms with Gasteiger partial charge in [0.25, 0.3) is 0 Å². The van der Waals surface area contributed by atoms with E-state index in [-0.39, 0.29) is 45.5 Å². The third-order valence-electron chi connectivity index (χ3n) is 8.35. The van der Waals surface area contributed by atoms with Crippen LogP contribution < -0.4 is 9.22 Å².